The number of rotatable bonds is 5. The van der Waals surface area contributed by atoms with Gasteiger partial charge in [-0.1, -0.05) is 12.7 Å². The van der Waals surface area contributed by atoms with Gasteiger partial charge in [-0.2, -0.15) is 5.10 Å². The number of hydrogen-bond donors (Lipinski definition) is 1. The summed E-state index contributed by atoms with van der Waals surface area (Å²) in [4.78, 5) is 0. The molecule has 0 aliphatic heterocycles. The quantitative estimate of drug-likeness (QED) is 0.344. The first-order chi connectivity index (χ1) is 7.31. The van der Waals surface area contributed by atoms with Gasteiger partial charge in [-0.15, -0.1) is 0 Å². The van der Waals surface area contributed by atoms with Crippen molar-refractivity contribution >= 4 is 6.21 Å². The molecule has 0 aliphatic carbocycles. The van der Waals surface area contributed by atoms with Crippen LogP contribution in [0.1, 0.15) is 5.56 Å². The van der Waals surface area contributed by atoms with Crippen molar-refractivity contribution in [1.29, 1.82) is 0 Å². The van der Waals surface area contributed by atoms with Gasteiger partial charge in [0.2, 0.25) is 0 Å². The van der Waals surface area contributed by atoms with Crippen LogP contribution < -0.4 is 15.3 Å². The summed E-state index contributed by atoms with van der Waals surface area (Å²) in [6, 6.07) is 5.45. The zero-order valence-corrected chi connectivity index (χ0v) is 8.64. The molecule has 1 rings (SSSR count). The standard InChI is InChI=1S/C11H14N2O2/c1-3-6-15-11-7-9(8-13-12)4-5-10(11)14-2/h3-5,7-8H,1,6,12H2,2H3. The maximum atomic E-state index is 5.42. The highest BCUT2D eigenvalue weighted by Crippen LogP contribution is 2.27. The van der Waals surface area contributed by atoms with E-state index >= 15 is 0 Å². The van der Waals surface area contributed by atoms with Gasteiger partial charge in [-0.3, -0.25) is 0 Å². The molecule has 1 aromatic carbocycles. The molecule has 0 aliphatic rings. The molecular weight excluding hydrogens is 192 g/mol. The van der Waals surface area contributed by atoms with Gasteiger partial charge in [0.05, 0.1) is 13.3 Å². The Morgan fingerprint density at radius 1 is 1.47 bits per heavy atom. The van der Waals surface area contributed by atoms with Crippen molar-refractivity contribution in [3.05, 3.63) is 36.4 Å². The molecular formula is C11H14N2O2. The van der Waals surface area contributed by atoms with Gasteiger partial charge in [0.15, 0.2) is 11.5 Å². The molecule has 0 heterocycles. The zero-order valence-electron chi connectivity index (χ0n) is 8.64. The summed E-state index contributed by atoms with van der Waals surface area (Å²) in [7, 11) is 1.59. The lowest BCUT2D eigenvalue weighted by Crippen LogP contribution is -1.97. The first-order valence-corrected chi connectivity index (χ1v) is 4.46. The Hall–Kier alpha value is -1.97. The van der Waals surface area contributed by atoms with Gasteiger partial charge in [-0.25, -0.2) is 0 Å². The second kappa shape index (κ2) is 5.70. The Kier molecular flexibility index (Phi) is 4.22. The van der Waals surface area contributed by atoms with Crippen molar-refractivity contribution in [2.24, 2.45) is 10.9 Å². The van der Waals surface area contributed by atoms with E-state index in [4.69, 9.17) is 15.3 Å². The Balaban J connectivity index is 2.95. The second-order valence-corrected chi connectivity index (χ2v) is 2.79. The first-order valence-electron chi connectivity index (χ1n) is 4.46. The minimum atomic E-state index is 0.430. The highest BCUT2D eigenvalue weighted by Gasteiger charge is 2.03. The highest BCUT2D eigenvalue weighted by molar-refractivity contribution is 5.80. The van der Waals surface area contributed by atoms with E-state index in [9.17, 15) is 0 Å². The van der Waals surface area contributed by atoms with Crippen molar-refractivity contribution in [3.63, 3.8) is 0 Å². The maximum Gasteiger partial charge on any atom is 0.162 e. The summed E-state index contributed by atoms with van der Waals surface area (Å²) in [5.74, 6) is 6.38. The van der Waals surface area contributed by atoms with E-state index in [1.54, 1.807) is 31.5 Å². The monoisotopic (exact) mass is 206 g/mol. The van der Waals surface area contributed by atoms with Crippen LogP contribution in [0, 0.1) is 0 Å². The van der Waals surface area contributed by atoms with Crippen LogP contribution in [0.25, 0.3) is 0 Å². The largest absolute Gasteiger partial charge is 0.493 e. The summed E-state index contributed by atoms with van der Waals surface area (Å²) >= 11 is 0. The van der Waals surface area contributed by atoms with E-state index < -0.39 is 0 Å². The van der Waals surface area contributed by atoms with Crippen LogP contribution >= 0.6 is 0 Å². The van der Waals surface area contributed by atoms with Crippen molar-refractivity contribution in [2.45, 2.75) is 0 Å². The van der Waals surface area contributed by atoms with E-state index in [2.05, 4.69) is 11.7 Å². The predicted octanol–water partition coefficient (Wildman–Crippen LogP) is 1.55. The molecule has 1 aromatic rings. The van der Waals surface area contributed by atoms with Crippen LogP contribution in [0.4, 0.5) is 0 Å². The molecule has 0 aromatic heterocycles. The summed E-state index contributed by atoms with van der Waals surface area (Å²) < 4.78 is 10.6. The number of nitrogens with two attached hydrogens (primary N) is 1. The normalized spacial score (nSPS) is 10.2. The molecule has 0 radical (unpaired) electrons. The minimum Gasteiger partial charge on any atom is -0.493 e. The molecule has 0 saturated heterocycles. The number of hydrogen-bond acceptors (Lipinski definition) is 4. The third kappa shape index (κ3) is 3.02. The lowest BCUT2D eigenvalue weighted by Gasteiger charge is -2.09. The van der Waals surface area contributed by atoms with E-state index in [-0.39, 0.29) is 0 Å². The summed E-state index contributed by atoms with van der Waals surface area (Å²) in [6.07, 6.45) is 3.21. The molecule has 2 N–H and O–H groups in total. The average Bonchev–Trinajstić information content (AvgIpc) is 2.27. The molecule has 0 atom stereocenters. The van der Waals surface area contributed by atoms with Crippen molar-refractivity contribution in [3.8, 4) is 11.5 Å². The van der Waals surface area contributed by atoms with Crippen LogP contribution in [0.15, 0.2) is 36.0 Å². The molecule has 0 spiro atoms. The highest BCUT2D eigenvalue weighted by atomic mass is 16.5. The van der Waals surface area contributed by atoms with Crippen LogP contribution in [0.3, 0.4) is 0 Å². The molecule has 0 bridgehead atoms. The Labute approximate surface area is 89.0 Å². The fraction of sp³-hybridized carbons (Fsp3) is 0.182. The molecule has 0 saturated carbocycles. The van der Waals surface area contributed by atoms with E-state index in [1.165, 1.54) is 0 Å². The summed E-state index contributed by atoms with van der Waals surface area (Å²) in [5.41, 5.74) is 0.859. The fourth-order valence-corrected chi connectivity index (χ4v) is 1.12. The van der Waals surface area contributed by atoms with Gasteiger partial charge < -0.3 is 15.3 Å². The molecule has 0 fully saturated rings. The first kappa shape index (κ1) is 11.1. The maximum absolute atomic E-state index is 5.42. The van der Waals surface area contributed by atoms with Gasteiger partial charge in [0.25, 0.3) is 0 Å². The average molecular weight is 206 g/mol. The second-order valence-electron chi connectivity index (χ2n) is 2.79. The fourth-order valence-electron chi connectivity index (χ4n) is 1.12. The topological polar surface area (TPSA) is 56.8 Å². The Bertz CT molecular complexity index is 362. The van der Waals surface area contributed by atoms with Crippen molar-refractivity contribution in [1.82, 2.24) is 0 Å². The van der Waals surface area contributed by atoms with Gasteiger partial charge in [0, 0.05) is 0 Å². The van der Waals surface area contributed by atoms with Gasteiger partial charge >= 0.3 is 0 Å². The number of ether oxygens (including phenoxy) is 2. The minimum absolute atomic E-state index is 0.430. The zero-order chi connectivity index (χ0) is 11.1. The molecule has 80 valence electrons. The smallest absolute Gasteiger partial charge is 0.162 e. The van der Waals surface area contributed by atoms with E-state index in [0.29, 0.717) is 18.1 Å². The number of hydrazone groups is 1. The third-order valence-electron chi connectivity index (χ3n) is 1.77. The van der Waals surface area contributed by atoms with Gasteiger partial charge in [0.1, 0.15) is 6.61 Å². The van der Waals surface area contributed by atoms with E-state index in [0.717, 1.165) is 5.56 Å². The van der Waals surface area contributed by atoms with Crippen LogP contribution in [-0.2, 0) is 0 Å². The summed E-state index contributed by atoms with van der Waals surface area (Å²) in [5, 5.41) is 3.44. The molecule has 0 amide bonds. The number of nitrogens with zero attached hydrogens (tertiary/aromatic N) is 1. The van der Waals surface area contributed by atoms with Crippen LogP contribution in [0.5, 0.6) is 11.5 Å². The van der Waals surface area contributed by atoms with E-state index in [1.807, 2.05) is 6.07 Å². The molecule has 4 nitrogen and oxygen atoms in total. The number of methoxy groups -OCH3 is 1. The number of benzene rings is 1. The lowest BCUT2D eigenvalue weighted by atomic mass is 10.2. The third-order valence-corrected chi connectivity index (χ3v) is 1.77. The van der Waals surface area contributed by atoms with Crippen molar-refractivity contribution in [2.75, 3.05) is 13.7 Å². The van der Waals surface area contributed by atoms with Crippen LogP contribution in [-0.4, -0.2) is 19.9 Å². The summed E-state index contributed by atoms with van der Waals surface area (Å²) in [6.45, 7) is 4.01. The molecule has 4 heteroatoms. The van der Waals surface area contributed by atoms with Gasteiger partial charge in [-0.05, 0) is 23.8 Å². The SMILES string of the molecule is C=CCOc1cc(C=NN)ccc1OC. The van der Waals surface area contributed by atoms with Crippen LogP contribution in [0.2, 0.25) is 0 Å². The molecule has 15 heavy (non-hydrogen) atoms. The van der Waals surface area contributed by atoms with Crippen molar-refractivity contribution < 1.29 is 9.47 Å². The lowest BCUT2D eigenvalue weighted by molar-refractivity contribution is 0.326. The Morgan fingerprint density at radius 3 is 2.87 bits per heavy atom. The Morgan fingerprint density at radius 2 is 2.27 bits per heavy atom. The molecule has 0 unspecified atom stereocenters. The predicted molar refractivity (Wildman–Crippen MR) is 60.5 cm³/mol.